The van der Waals surface area contributed by atoms with Crippen LogP contribution in [0.5, 0.6) is 0 Å². The standard InChI is InChI=1S/C12H21N3/c1-9(2)12(13)10-7-14-15(8-10)11-5-3-4-6-11/h7-9,11-12H,3-6,13H2,1-2H3. The molecule has 3 nitrogen and oxygen atoms in total. The summed E-state index contributed by atoms with van der Waals surface area (Å²) in [5.74, 6) is 0.478. The molecule has 84 valence electrons. The molecule has 1 aliphatic rings. The summed E-state index contributed by atoms with van der Waals surface area (Å²) in [7, 11) is 0. The van der Waals surface area contributed by atoms with Gasteiger partial charge in [-0.1, -0.05) is 26.7 Å². The van der Waals surface area contributed by atoms with Crippen molar-refractivity contribution in [3.8, 4) is 0 Å². The smallest absolute Gasteiger partial charge is 0.0537 e. The highest BCUT2D eigenvalue weighted by atomic mass is 15.3. The Hall–Kier alpha value is -0.830. The van der Waals surface area contributed by atoms with Gasteiger partial charge in [0.2, 0.25) is 0 Å². The van der Waals surface area contributed by atoms with E-state index in [1.807, 2.05) is 6.20 Å². The topological polar surface area (TPSA) is 43.8 Å². The van der Waals surface area contributed by atoms with Crippen molar-refractivity contribution in [2.24, 2.45) is 11.7 Å². The second-order valence-corrected chi connectivity index (χ2v) is 4.96. The minimum atomic E-state index is 0.125. The van der Waals surface area contributed by atoms with Gasteiger partial charge in [-0.15, -0.1) is 0 Å². The van der Waals surface area contributed by atoms with Crippen LogP contribution in [-0.2, 0) is 0 Å². The number of nitrogens with two attached hydrogens (primary N) is 1. The molecule has 1 aromatic heterocycles. The van der Waals surface area contributed by atoms with Crippen molar-refractivity contribution >= 4 is 0 Å². The number of hydrogen-bond donors (Lipinski definition) is 1. The minimum absolute atomic E-state index is 0.125. The second kappa shape index (κ2) is 4.35. The average Bonchev–Trinajstić information content (AvgIpc) is 2.86. The van der Waals surface area contributed by atoms with E-state index in [0.717, 1.165) is 0 Å². The van der Waals surface area contributed by atoms with E-state index in [1.54, 1.807) is 0 Å². The summed E-state index contributed by atoms with van der Waals surface area (Å²) in [4.78, 5) is 0. The van der Waals surface area contributed by atoms with Crippen LogP contribution in [0.1, 0.15) is 57.2 Å². The van der Waals surface area contributed by atoms with Crippen LogP contribution in [0.15, 0.2) is 12.4 Å². The predicted molar refractivity (Wildman–Crippen MR) is 61.5 cm³/mol. The van der Waals surface area contributed by atoms with E-state index < -0.39 is 0 Å². The first kappa shape index (κ1) is 10.7. The molecular weight excluding hydrogens is 186 g/mol. The Morgan fingerprint density at radius 1 is 1.40 bits per heavy atom. The maximum absolute atomic E-state index is 6.10. The van der Waals surface area contributed by atoms with Crippen LogP contribution >= 0.6 is 0 Å². The van der Waals surface area contributed by atoms with Gasteiger partial charge in [0.15, 0.2) is 0 Å². The van der Waals surface area contributed by atoms with E-state index in [0.29, 0.717) is 12.0 Å². The average molecular weight is 207 g/mol. The lowest BCUT2D eigenvalue weighted by atomic mass is 10.0. The van der Waals surface area contributed by atoms with Crippen molar-refractivity contribution in [3.63, 3.8) is 0 Å². The maximum Gasteiger partial charge on any atom is 0.0537 e. The normalized spacial score (nSPS) is 20.0. The molecule has 0 saturated heterocycles. The largest absolute Gasteiger partial charge is 0.324 e. The van der Waals surface area contributed by atoms with Gasteiger partial charge in [0.05, 0.1) is 12.2 Å². The molecule has 2 N–H and O–H groups in total. The Balaban J connectivity index is 2.09. The zero-order valence-electron chi connectivity index (χ0n) is 9.69. The van der Waals surface area contributed by atoms with Crippen LogP contribution in [0, 0.1) is 5.92 Å². The third-order valence-electron chi connectivity index (χ3n) is 3.42. The van der Waals surface area contributed by atoms with Crippen LogP contribution in [0.4, 0.5) is 0 Å². The highest BCUT2D eigenvalue weighted by Crippen LogP contribution is 2.29. The molecule has 3 heteroatoms. The van der Waals surface area contributed by atoms with Gasteiger partial charge in [0.25, 0.3) is 0 Å². The molecule has 0 radical (unpaired) electrons. The van der Waals surface area contributed by atoms with Crippen molar-refractivity contribution in [1.29, 1.82) is 0 Å². The Kier molecular flexibility index (Phi) is 3.10. The van der Waals surface area contributed by atoms with E-state index >= 15 is 0 Å². The molecule has 2 rings (SSSR count). The van der Waals surface area contributed by atoms with Gasteiger partial charge in [0.1, 0.15) is 0 Å². The highest BCUT2D eigenvalue weighted by molar-refractivity contribution is 5.11. The Morgan fingerprint density at radius 3 is 2.67 bits per heavy atom. The molecule has 1 unspecified atom stereocenters. The zero-order valence-corrected chi connectivity index (χ0v) is 9.69. The van der Waals surface area contributed by atoms with Gasteiger partial charge in [-0.25, -0.2) is 0 Å². The van der Waals surface area contributed by atoms with Gasteiger partial charge >= 0.3 is 0 Å². The van der Waals surface area contributed by atoms with E-state index in [1.165, 1.54) is 31.2 Å². The predicted octanol–water partition coefficient (Wildman–Crippen LogP) is 2.65. The lowest BCUT2D eigenvalue weighted by Gasteiger charge is -2.13. The molecule has 1 aliphatic carbocycles. The van der Waals surface area contributed by atoms with Crippen LogP contribution < -0.4 is 5.73 Å². The summed E-state index contributed by atoms with van der Waals surface area (Å²) in [5.41, 5.74) is 7.27. The van der Waals surface area contributed by atoms with Crippen LogP contribution in [0.25, 0.3) is 0 Å². The maximum atomic E-state index is 6.10. The van der Waals surface area contributed by atoms with E-state index in [9.17, 15) is 0 Å². The third kappa shape index (κ3) is 2.23. The molecule has 1 aromatic rings. The Bertz CT molecular complexity index is 294. The summed E-state index contributed by atoms with van der Waals surface area (Å²) in [6.45, 7) is 4.30. The van der Waals surface area contributed by atoms with Crippen LogP contribution in [0.3, 0.4) is 0 Å². The molecule has 0 spiro atoms. The fraction of sp³-hybridized carbons (Fsp3) is 0.750. The number of hydrogen-bond acceptors (Lipinski definition) is 2. The number of nitrogens with zero attached hydrogens (tertiary/aromatic N) is 2. The third-order valence-corrected chi connectivity index (χ3v) is 3.42. The van der Waals surface area contributed by atoms with E-state index in [2.05, 4.69) is 29.8 Å². The van der Waals surface area contributed by atoms with E-state index in [-0.39, 0.29) is 6.04 Å². The quantitative estimate of drug-likeness (QED) is 0.828. The van der Waals surface area contributed by atoms with Crippen LogP contribution in [-0.4, -0.2) is 9.78 Å². The SMILES string of the molecule is CC(C)C(N)c1cnn(C2CCCC2)c1. The minimum Gasteiger partial charge on any atom is -0.324 e. The first-order valence-electron chi connectivity index (χ1n) is 5.98. The van der Waals surface area contributed by atoms with Gasteiger partial charge < -0.3 is 5.73 Å². The molecule has 1 heterocycles. The molecule has 1 atom stereocenters. The molecule has 0 aliphatic heterocycles. The van der Waals surface area contributed by atoms with Crippen molar-refractivity contribution in [3.05, 3.63) is 18.0 Å². The summed E-state index contributed by atoms with van der Waals surface area (Å²) in [6.07, 6.45) is 9.31. The molecular formula is C12H21N3. The monoisotopic (exact) mass is 207 g/mol. The first-order valence-corrected chi connectivity index (χ1v) is 5.98. The molecule has 1 saturated carbocycles. The van der Waals surface area contributed by atoms with Crippen molar-refractivity contribution in [1.82, 2.24) is 9.78 Å². The lowest BCUT2D eigenvalue weighted by molar-refractivity contribution is 0.464. The fourth-order valence-electron chi connectivity index (χ4n) is 2.28. The fourth-order valence-corrected chi connectivity index (χ4v) is 2.28. The highest BCUT2D eigenvalue weighted by Gasteiger charge is 2.19. The molecule has 0 bridgehead atoms. The summed E-state index contributed by atoms with van der Waals surface area (Å²) in [5, 5.41) is 4.44. The van der Waals surface area contributed by atoms with Gasteiger partial charge in [-0.05, 0) is 18.8 Å². The zero-order chi connectivity index (χ0) is 10.8. The number of aromatic nitrogens is 2. The Labute approximate surface area is 91.7 Å². The lowest BCUT2D eigenvalue weighted by Crippen LogP contribution is -2.16. The van der Waals surface area contributed by atoms with Crippen molar-refractivity contribution in [2.75, 3.05) is 0 Å². The summed E-state index contributed by atoms with van der Waals surface area (Å²) >= 11 is 0. The second-order valence-electron chi connectivity index (χ2n) is 4.96. The van der Waals surface area contributed by atoms with Crippen molar-refractivity contribution in [2.45, 2.75) is 51.6 Å². The number of rotatable bonds is 3. The molecule has 0 aromatic carbocycles. The van der Waals surface area contributed by atoms with Gasteiger partial charge in [0, 0.05) is 17.8 Å². The molecule has 1 fully saturated rings. The summed E-state index contributed by atoms with van der Waals surface area (Å²) in [6, 6.07) is 0.748. The van der Waals surface area contributed by atoms with E-state index in [4.69, 9.17) is 5.73 Å². The van der Waals surface area contributed by atoms with Crippen LogP contribution in [0.2, 0.25) is 0 Å². The van der Waals surface area contributed by atoms with Crippen molar-refractivity contribution < 1.29 is 0 Å². The van der Waals surface area contributed by atoms with Gasteiger partial charge in [-0.3, -0.25) is 4.68 Å². The summed E-state index contributed by atoms with van der Waals surface area (Å²) < 4.78 is 2.12. The Morgan fingerprint density at radius 2 is 2.07 bits per heavy atom. The first-order chi connectivity index (χ1) is 7.18. The van der Waals surface area contributed by atoms with Gasteiger partial charge in [-0.2, -0.15) is 5.10 Å². The molecule has 0 amide bonds. The molecule has 15 heavy (non-hydrogen) atoms.